The predicted molar refractivity (Wildman–Crippen MR) is 70.7 cm³/mol. The number of carbonyl (C=O) groups excluding carboxylic acids is 1. The van der Waals surface area contributed by atoms with Crippen molar-refractivity contribution in [2.75, 3.05) is 20.3 Å². The molecule has 1 N–H and O–H groups in total. The van der Waals surface area contributed by atoms with Crippen LogP contribution in [0.25, 0.3) is 0 Å². The third-order valence-corrected chi connectivity index (χ3v) is 2.53. The predicted octanol–water partition coefficient (Wildman–Crippen LogP) is 2.30. The molecule has 1 rings (SSSR count). The maximum Gasteiger partial charge on any atom is 0.327 e. The standard InChI is InChI=1S/C14H21NO3/c1-4-10-18-12-8-6-11(7-9-12)13(15-5-2)14(16)17-3/h6-9,13,15H,4-5,10H2,1-3H3. The Labute approximate surface area is 108 Å². The van der Waals surface area contributed by atoms with E-state index in [4.69, 9.17) is 9.47 Å². The van der Waals surface area contributed by atoms with Crippen molar-refractivity contribution >= 4 is 5.97 Å². The molecule has 0 bridgehead atoms. The van der Waals surface area contributed by atoms with Crippen molar-refractivity contribution in [1.82, 2.24) is 5.32 Å². The van der Waals surface area contributed by atoms with Gasteiger partial charge in [-0.15, -0.1) is 0 Å². The van der Waals surface area contributed by atoms with E-state index in [9.17, 15) is 4.79 Å². The summed E-state index contributed by atoms with van der Waals surface area (Å²) in [6.07, 6.45) is 0.976. The van der Waals surface area contributed by atoms with Gasteiger partial charge in [0.05, 0.1) is 13.7 Å². The minimum absolute atomic E-state index is 0.279. The van der Waals surface area contributed by atoms with Crippen molar-refractivity contribution in [2.24, 2.45) is 0 Å². The lowest BCUT2D eigenvalue weighted by atomic mass is 10.1. The summed E-state index contributed by atoms with van der Waals surface area (Å²) in [5.41, 5.74) is 0.882. The van der Waals surface area contributed by atoms with Gasteiger partial charge in [0.25, 0.3) is 0 Å². The number of rotatable bonds is 7. The fourth-order valence-corrected chi connectivity index (χ4v) is 1.64. The number of hydrogen-bond donors (Lipinski definition) is 1. The highest BCUT2D eigenvalue weighted by atomic mass is 16.5. The van der Waals surface area contributed by atoms with Crippen molar-refractivity contribution in [3.05, 3.63) is 29.8 Å². The fourth-order valence-electron chi connectivity index (χ4n) is 1.64. The number of methoxy groups -OCH3 is 1. The van der Waals surface area contributed by atoms with Gasteiger partial charge in [-0.1, -0.05) is 26.0 Å². The van der Waals surface area contributed by atoms with Gasteiger partial charge >= 0.3 is 5.97 Å². The molecule has 0 heterocycles. The lowest BCUT2D eigenvalue weighted by molar-refractivity contribution is -0.143. The zero-order valence-corrected chi connectivity index (χ0v) is 11.2. The number of hydrogen-bond acceptors (Lipinski definition) is 4. The Bertz CT molecular complexity index is 362. The van der Waals surface area contributed by atoms with Crippen LogP contribution in [0.1, 0.15) is 31.9 Å². The van der Waals surface area contributed by atoms with E-state index in [1.165, 1.54) is 7.11 Å². The van der Waals surface area contributed by atoms with Gasteiger partial charge in [0, 0.05) is 0 Å². The Hall–Kier alpha value is -1.55. The van der Waals surface area contributed by atoms with Gasteiger partial charge < -0.3 is 14.8 Å². The molecule has 0 aromatic heterocycles. The summed E-state index contributed by atoms with van der Waals surface area (Å²) in [5, 5.41) is 3.10. The van der Waals surface area contributed by atoms with Crippen LogP contribution >= 0.6 is 0 Å². The Morgan fingerprint density at radius 1 is 1.28 bits per heavy atom. The number of esters is 1. The first kappa shape index (κ1) is 14.5. The lowest BCUT2D eigenvalue weighted by Crippen LogP contribution is -2.29. The van der Waals surface area contributed by atoms with Gasteiger partial charge in [-0.2, -0.15) is 0 Å². The van der Waals surface area contributed by atoms with Crippen LogP contribution in [0.5, 0.6) is 5.75 Å². The van der Waals surface area contributed by atoms with Crippen molar-refractivity contribution in [2.45, 2.75) is 26.3 Å². The van der Waals surface area contributed by atoms with Crippen molar-refractivity contribution in [3.63, 3.8) is 0 Å². The molecule has 0 aliphatic rings. The van der Waals surface area contributed by atoms with E-state index in [0.29, 0.717) is 13.2 Å². The Morgan fingerprint density at radius 3 is 2.44 bits per heavy atom. The topological polar surface area (TPSA) is 47.6 Å². The highest BCUT2D eigenvalue weighted by Gasteiger charge is 2.19. The molecule has 0 fully saturated rings. The second kappa shape index (κ2) is 7.71. The molecule has 0 radical (unpaired) electrons. The molecule has 1 atom stereocenters. The monoisotopic (exact) mass is 251 g/mol. The summed E-state index contributed by atoms with van der Waals surface area (Å²) in [5.74, 6) is 0.541. The molecule has 1 aromatic rings. The third-order valence-electron chi connectivity index (χ3n) is 2.53. The quantitative estimate of drug-likeness (QED) is 0.755. The molecule has 1 aromatic carbocycles. The van der Waals surface area contributed by atoms with Crippen LogP contribution in [-0.4, -0.2) is 26.2 Å². The molecule has 4 nitrogen and oxygen atoms in total. The third kappa shape index (κ3) is 4.04. The van der Waals surface area contributed by atoms with Gasteiger partial charge in [0.15, 0.2) is 0 Å². The molecule has 0 saturated heterocycles. The summed E-state index contributed by atoms with van der Waals surface area (Å²) in [6, 6.07) is 7.10. The minimum Gasteiger partial charge on any atom is -0.494 e. The van der Waals surface area contributed by atoms with E-state index in [-0.39, 0.29) is 5.97 Å². The summed E-state index contributed by atoms with van der Waals surface area (Å²) in [6.45, 7) is 5.42. The molecule has 100 valence electrons. The minimum atomic E-state index is -0.416. The second-order valence-electron chi connectivity index (χ2n) is 3.93. The molecule has 0 aliphatic heterocycles. The van der Waals surface area contributed by atoms with Crippen LogP contribution in [0, 0.1) is 0 Å². The highest BCUT2D eigenvalue weighted by molar-refractivity contribution is 5.77. The van der Waals surface area contributed by atoms with E-state index < -0.39 is 6.04 Å². The zero-order chi connectivity index (χ0) is 13.4. The summed E-state index contributed by atoms with van der Waals surface area (Å²) in [4.78, 5) is 11.6. The van der Waals surface area contributed by atoms with Gasteiger partial charge in [-0.25, -0.2) is 4.79 Å². The van der Waals surface area contributed by atoms with Crippen molar-refractivity contribution in [1.29, 1.82) is 0 Å². The number of likely N-dealkylation sites (N-methyl/N-ethyl adjacent to an activating group) is 1. The summed E-state index contributed by atoms with van der Waals surface area (Å²) >= 11 is 0. The summed E-state index contributed by atoms with van der Waals surface area (Å²) in [7, 11) is 1.39. The van der Waals surface area contributed by atoms with E-state index in [2.05, 4.69) is 12.2 Å². The lowest BCUT2D eigenvalue weighted by Gasteiger charge is -2.16. The molecular weight excluding hydrogens is 230 g/mol. The van der Waals surface area contributed by atoms with E-state index in [0.717, 1.165) is 17.7 Å². The molecule has 0 saturated carbocycles. The fraction of sp³-hybridized carbons (Fsp3) is 0.500. The Kier molecular flexibility index (Phi) is 6.22. The van der Waals surface area contributed by atoms with Crippen molar-refractivity contribution < 1.29 is 14.3 Å². The molecule has 18 heavy (non-hydrogen) atoms. The maximum atomic E-state index is 11.6. The largest absolute Gasteiger partial charge is 0.494 e. The maximum absolute atomic E-state index is 11.6. The average Bonchev–Trinajstić information content (AvgIpc) is 2.42. The normalized spacial score (nSPS) is 11.9. The molecule has 0 aliphatic carbocycles. The second-order valence-corrected chi connectivity index (χ2v) is 3.93. The van der Waals surface area contributed by atoms with E-state index in [1.807, 2.05) is 31.2 Å². The van der Waals surface area contributed by atoms with Crippen LogP contribution in [0.2, 0.25) is 0 Å². The van der Waals surface area contributed by atoms with Crippen LogP contribution in [0.4, 0.5) is 0 Å². The van der Waals surface area contributed by atoms with Crippen LogP contribution in [0.3, 0.4) is 0 Å². The van der Waals surface area contributed by atoms with Crippen molar-refractivity contribution in [3.8, 4) is 5.75 Å². The van der Waals surface area contributed by atoms with Crippen LogP contribution < -0.4 is 10.1 Å². The van der Waals surface area contributed by atoms with E-state index in [1.54, 1.807) is 0 Å². The highest BCUT2D eigenvalue weighted by Crippen LogP contribution is 2.19. The first-order chi connectivity index (χ1) is 8.72. The number of carbonyl (C=O) groups is 1. The Balaban J connectivity index is 2.76. The number of nitrogens with one attached hydrogen (secondary N) is 1. The zero-order valence-electron chi connectivity index (χ0n) is 11.2. The molecule has 1 unspecified atom stereocenters. The van der Waals surface area contributed by atoms with Gasteiger partial charge in [-0.3, -0.25) is 0 Å². The molecule has 4 heteroatoms. The van der Waals surface area contributed by atoms with Gasteiger partial charge in [-0.05, 0) is 30.7 Å². The van der Waals surface area contributed by atoms with Gasteiger partial charge in [0.2, 0.25) is 0 Å². The molecular formula is C14H21NO3. The first-order valence-corrected chi connectivity index (χ1v) is 6.26. The van der Waals surface area contributed by atoms with Crippen LogP contribution in [-0.2, 0) is 9.53 Å². The average molecular weight is 251 g/mol. The number of ether oxygens (including phenoxy) is 2. The molecule has 0 amide bonds. The van der Waals surface area contributed by atoms with Gasteiger partial charge in [0.1, 0.15) is 11.8 Å². The smallest absolute Gasteiger partial charge is 0.327 e. The molecule has 0 spiro atoms. The Morgan fingerprint density at radius 2 is 1.94 bits per heavy atom. The van der Waals surface area contributed by atoms with Crippen LogP contribution in [0.15, 0.2) is 24.3 Å². The first-order valence-electron chi connectivity index (χ1n) is 6.26. The summed E-state index contributed by atoms with van der Waals surface area (Å²) < 4.78 is 10.3. The van der Waals surface area contributed by atoms with E-state index >= 15 is 0 Å². The number of benzene rings is 1. The SMILES string of the molecule is CCCOc1ccc(C(NCC)C(=O)OC)cc1.